The standard InChI is InChI=1S/C7H11N3O3/c1-4-3-5(11)9(2)6(8)10(4)7(12)13/h3,6H,8H2,1-2H3,(H,12,13). The largest absolute Gasteiger partial charge is 0.465 e. The molecule has 0 aromatic carbocycles. The Morgan fingerprint density at radius 2 is 2.23 bits per heavy atom. The molecule has 0 spiro atoms. The number of hydrogen-bond acceptors (Lipinski definition) is 3. The maximum absolute atomic E-state index is 11.1. The molecule has 0 aromatic heterocycles. The Morgan fingerprint density at radius 3 is 2.69 bits per heavy atom. The van der Waals surface area contributed by atoms with Crippen LogP contribution in [0.1, 0.15) is 6.92 Å². The third kappa shape index (κ3) is 1.48. The van der Waals surface area contributed by atoms with Gasteiger partial charge in [-0.2, -0.15) is 0 Å². The normalized spacial score (nSPS) is 23.2. The van der Waals surface area contributed by atoms with Gasteiger partial charge in [-0.3, -0.25) is 10.5 Å². The topological polar surface area (TPSA) is 86.9 Å². The van der Waals surface area contributed by atoms with E-state index in [-0.39, 0.29) is 5.91 Å². The molecule has 3 N–H and O–H groups in total. The Kier molecular flexibility index (Phi) is 2.24. The van der Waals surface area contributed by atoms with Gasteiger partial charge in [-0.05, 0) is 6.92 Å². The Hall–Kier alpha value is -1.56. The lowest BCUT2D eigenvalue weighted by Gasteiger charge is -2.36. The fourth-order valence-electron chi connectivity index (χ4n) is 1.13. The number of likely N-dealkylation sites (N-methyl/N-ethyl adjacent to an activating group) is 1. The molecule has 1 heterocycles. The van der Waals surface area contributed by atoms with Gasteiger partial charge in [-0.25, -0.2) is 9.69 Å². The van der Waals surface area contributed by atoms with E-state index in [4.69, 9.17) is 10.8 Å². The van der Waals surface area contributed by atoms with Crippen LogP contribution in [0, 0.1) is 0 Å². The summed E-state index contributed by atoms with van der Waals surface area (Å²) in [4.78, 5) is 23.9. The molecule has 0 radical (unpaired) electrons. The molecule has 13 heavy (non-hydrogen) atoms. The minimum atomic E-state index is -1.17. The Balaban J connectivity index is 3.04. The van der Waals surface area contributed by atoms with Crippen molar-refractivity contribution in [2.45, 2.75) is 13.2 Å². The highest BCUT2D eigenvalue weighted by molar-refractivity contribution is 5.90. The molecule has 0 bridgehead atoms. The average Bonchev–Trinajstić information content (AvgIpc) is 1.99. The maximum Gasteiger partial charge on any atom is 0.414 e. The SMILES string of the molecule is CC1=CC(=O)N(C)C(N)N1C(=O)O. The summed E-state index contributed by atoms with van der Waals surface area (Å²) in [5, 5.41) is 8.75. The van der Waals surface area contributed by atoms with Gasteiger partial charge in [0.15, 0.2) is 6.29 Å². The second-order valence-corrected chi connectivity index (χ2v) is 2.80. The van der Waals surface area contributed by atoms with E-state index in [2.05, 4.69) is 0 Å². The average molecular weight is 185 g/mol. The summed E-state index contributed by atoms with van der Waals surface area (Å²) in [5.41, 5.74) is 5.85. The highest BCUT2D eigenvalue weighted by Crippen LogP contribution is 2.14. The first-order chi connectivity index (χ1) is 5.95. The summed E-state index contributed by atoms with van der Waals surface area (Å²) < 4.78 is 0. The van der Waals surface area contributed by atoms with Crippen molar-refractivity contribution in [2.24, 2.45) is 5.73 Å². The summed E-state index contributed by atoms with van der Waals surface area (Å²) in [7, 11) is 1.45. The molecule has 0 saturated carbocycles. The van der Waals surface area contributed by atoms with Crippen LogP contribution in [0.25, 0.3) is 0 Å². The fourth-order valence-corrected chi connectivity index (χ4v) is 1.13. The van der Waals surface area contributed by atoms with E-state index < -0.39 is 12.4 Å². The number of hydrogen-bond donors (Lipinski definition) is 2. The molecule has 6 heteroatoms. The number of carbonyl (C=O) groups is 2. The van der Waals surface area contributed by atoms with Crippen molar-refractivity contribution in [3.63, 3.8) is 0 Å². The summed E-state index contributed by atoms with van der Waals surface area (Å²) >= 11 is 0. The first-order valence-corrected chi connectivity index (χ1v) is 3.68. The van der Waals surface area contributed by atoms with Gasteiger partial charge < -0.3 is 10.0 Å². The van der Waals surface area contributed by atoms with Crippen molar-refractivity contribution in [2.75, 3.05) is 7.05 Å². The quantitative estimate of drug-likeness (QED) is 0.536. The van der Waals surface area contributed by atoms with Gasteiger partial charge in [-0.15, -0.1) is 0 Å². The van der Waals surface area contributed by atoms with Gasteiger partial charge in [0, 0.05) is 18.8 Å². The van der Waals surface area contributed by atoms with Crippen molar-refractivity contribution in [1.82, 2.24) is 9.80 Å². The molecule has 1 aliphatic heterocycles. The molecule has 1 atom stereocenters. The molecule has 6 nitrogen and oxygen atoms in total. The zero-order valence-corrected chi connectivity index (χ0v) is 7.39. The molecule has 72 valence electrons. The number of allylic oxidation sites excluding steroid dienone is 1. The molecule has 0 aromatic rings. The maximum atomic E-state index is 11.1. The molecule has 2 amide bonds. The lowest BCUT2D eigenvalue weighted by atomic mass is 10.3. The molecular weight excluding hydrogens is 174 g/mol. The van der Waals surface area contributed by atoms with E-state index in [1.165, 1.54) is 20.0 Å². The number of amides is 2. The third-order valence-corrected chi connectivity index (χ3v) is 1.93. The van der Waals surface area contributed by atoms with Crippen LogP contribution in [0.15, 0.2) is 11.8 Å². The number of carboxylic acid groups (broad SMARTS) is 1. The zero-order chi connectivity index (χ0) is 10.2. The van der Waals surface area contributed by atoms with Crippen molar-refractivity contribution in [3.8, 4) is 0 Å². The Morgan fingerprint density at radius 1 is 1.69 bits per heavy atom. The predicted molar refractivity (Wildman–Crippen MR) is 44.4 cm³/mol. The molecule has 0 fully saturated rings. The highest BCUT2D eigenvalue weighted by atomic mass is 16.4. The predicted octanol–water partition coefficient (Wildman–Crippen LogP) is -0.415. The first-order valence-electron chi connectivity index (χ1n) is 3.68. The fraction of sp³-hybridized carbons (Fsp3) is 0.429. The zero-order valence-electron chi connectivity index (χ0n) is 7.39. The Labute approximate surface area is 75.2 Å². The van der Waals surface area contributed by atoms with E-state index in [1.54, 1.807) is 0 Å². The van der Waals surface area contributed by atoms with Crippen molar-refractivity contribution in [3.05, 3.63) is 11.8 Å². The van der Waals surface area contributed by atoms with Crippen LogP contribution >= 0.6 is 0 Å². The van der Waals surface area contributed by atoms with Crippen molar-refractivity contribution < 1.29 is 14.7 Å². The molecule has 0 aliphatic carbocycles. The summed E-state index contributed by atoms with van der Waals surface area (Å²) in [6.07, 6.45) is -0.868. The van der Waals surface area contributed by atoms with E-state index in [9.17, 15) is 9.59 Å². The monoisotopic (exact) mass is 185 g/mol. The second-order valence-electron chi connectivity index (χ2n) is 2.80. The van der Waals surface area contributed by atoms with Gasteiger partial charge in [0.05, 0.1) is 0 Å². The minimum absolute atomic E-state index is 0.289. The lowest BCUT2D eigenvalue weighted by molar-refractivity contribution is -0.130. The lowest BCUT2D eigenvalue weighted by Crippen LogP contribution is -2.58. The molecular formula is C7H11N3O3. The van der Waals surface area contributed by atoms with E-state index >= 15 is 0 Å². The van der Waals surface area contributed by atoms with E-state index in [0.717, 1.165) is 9.80 Å². The van der Waals surface area contributed by atoms with Crippen LogP contribution < -0.4 is 5.73 Å². The van der Waals surface area contributed by atoms with Crippen LogP contribution in [0.4, 0.5) is 4.79 Å². The first kappa shape index (κ1) is 9.53. The van der Waals surface area contributed by atoms with Gasteiger partial charge in [0.1, 0.15) is 0 Å². The molecule has 0 saturated heterocycles. The molecule has 1 rings (SSSR count). The molecule has 1 aliphatic rings. The smallest absolute Gasteiger partial charge is 0.414 e. The van der Waals surface area contributed by atoms with Crippen molar-refractivity contribution in [1.29, 1.82) is 0 Å². The number of nitrogens with zero attached hydrogens (tertiary/aromatic N) is 2. The minimum Gasteiger partial charge on any atom is -0.465 e. The highest BCUT2D eigenvalue weighted by Gasteiger charge is 2.31. The van der Waals surface area contributed by atoms with Gasteiger partial charge in [0.25, 0.3) is 5.91 Å². The van der Waals surface area contributed by atoms with E-state index in [0.29, 0.717) is 5.70 Å². The Bertz CT molecular complexity index is 287. The van der Waals surface area contributed by atoms with Crippen LogP contribution in [-0.2, 0) is 4.79 Å². The summed E-state index contributed by atoms with van der Waals surface area (Å²) in [6.45, 7) is 1.53. The van der Waals surface area contributed by atoms with Crippen molar-refractivity contribution >= 4 is 12.0 Å². The third-order valence-electron chi connectivity index (χ3n) is 1.93. The summed E-state index contributed by atoms with van der Waals surface area (Å²) in [6, 6.07) is 0. The van der Waals surface area contributed by atoms with Crippen LogP contribution in [-0.4, -0.2) is 40.2 Å². The van der Waals surface area contributed by atoms with Crippen LogP contribution in [0.3, 0.4) is 0 Å². The molecule has 1 unspecified atom stereocenters. The van der Waals surface area contributed by atoms with E-state index in [1.807, 2.05) is 0 Å². The summed E-state index contributed by atoms with van der Waals surface area (Å²) in [5.74, 6) is -0.289. The number of rotatable bonds is 0. The van der Waals surface area contributed by atoms with Gasteiger partial charge in [0.2, 0.25) is 0 Å². The number of carbonyl (C=O) groups excluding carboxylic acids is 1. The van der Waals surface area contributed by atoms with Crippen LogP contribution in [0.2, 0.25) is 0 Å². The van der Waals surface area contributed by atoms with Gasteiger partial charge in [-0.1, -0.05) is 0 Å². The number of nitrogens with two attached hydrogens (primary N) is 1. The second kappa shape index (κ2) is 3.06. The van der Waals surface area contributed by atoms with Gasteiger partial charge >= 0.3 is 6.09 Å². The van der Waals surface area contributed by atoms with Crippen LogP contribution in [0.5, 0.6) is 0 Å².